The maximum absolute atomic E-state index is 9.08. The molecule has 126 valence electrons. The average molecular weight is 348 g/mol. The molecule has 0 atom stereocenters. The van der Waals surface area contributed by atoms with E-state index in [1.807, 2.05) is 48.8 Å². The van der Waals surface area contributed by atoms with Gasteiger partial charge < -0.3 is 13.7 Å². The quantitative estimate of drug-likeness (QED) is 0.670. The van der Waals surface area contributed by atoms with E-state index in [1.54, 1.807) is 13.4 Å². The van der Waals surface area contributed by atoms with Crippen LogP contribution < -0.4 is 9.72 Å². The highest BCUT2D eigenvalue weighted by atomic mass is 32.2. The summed E-state index contributed by atoms with van der Waals surface area (Å²) in [5.74, 6) is 1.41. The van der Waals surface area contributed by atoms with Crippen molar-refractivity contribution in [3.8, 4) is 28.5 Å². The van der Waals surface area contributed by atoms with Crippen LogP contribution in [0.4, 0.5) is 0 Å². The van der Waals surface area contributed by atoms with Crippen LogP contribution in [0.1, 0.15) is 0 Å². The summed E-state index contributed by atoms with van der Waals surface area (Å²) in [6.45, 7) is 0. The Balaban J connectivity index is 0.000000368. The lowest BCUT2D eigenvalue weighted by Gasteiger charge is -2.00. The molecule has 7 nitrogen and oxygen atoms in total. The largest absolute Gasteiger partial charge is 0.748 e. The van der Waals surface area contributed by atoms with Crippen molar-refractivity contribution in [1.29, 1.82) is 0 Å². The number of nitrogens with one attached hydrogen (secondary N) is 1. The third kappa shape index (κ3) is 5.49. The molecule has 0 saturated heterocycles. The molecule has 0 amide bonds. The molecule has 0 aliphatic heterocycles. The molecule has 0 saturated carbocycles. The van der Waals surface area contributed by atoms with E-state index in [0.717, 1.165) is 22.6 Å². The van der Waals surface area contributed by atoms with Crippen LogP contribution in [0.3, 0.4) is 0 Å². The van der Waals surface area contributed by atoms with Crippen molar-refractivity contribution in [3.63, 3.8) is 0 Å². The zero-order valence-corrected chi connectivity index (χ0v) is 13.9. The first-order valence-corrected chi connectivity index (χ1v) is 8.66. The van der Waals surface area contributed by atoms with Crippen LogP contribution in [-0.2, 0) is 10.1 Å². The van der Waals surface area contributed by atoms with Crippen LogP contribution in [0.25, 0.3) is 22.7 Å². The SMILES string of the molecule is COc1cccc(-c2coc(-c3cc[nH+]cc3)n2)c1.CS(=O)(=O)[O-]. The second-order valence-corrected chi connectivity index (χ2v) is 6.17. The zero-order chi connectivity index (χ0) is 17.6. The zero-order valence-electron chi connectivity index (χ0n) is 13.1. The normalized spacial score (nSPS) is 10.6. The standard InChI is InChI=1S/C15H12N2O2.CH4O3S/c1-18-13-4-2-3-12(9-13)14-10-19-15(17-14)11-5-7-16-8-6-11;1-5(2,3)4/h2-10H,1H3;1H3,(H,2,3,4). The first-order valence-electron chi connectivity index (χ1n) is 6.84. The summed E-state index contributed by atoms with van der Waals surface area (Å²) in [5, 5.41) is 0. The Morgan fingerprint density at radius 2 is 1.83 bits per heavy atom. The summed E-state index contributed by atoms with van der Waals surface area (Å²) in [5.41, 5.74) is 2.70. The second kappa shape index (κ2) is 7.71. The predicted octanol–water partition coefficient (Wildman–Crippen LogP) is 1.99. The van der Waals surface area contributed by atoms with Crippen LogP contribution in [-0.4, -0.2) is 31.3 Å². The summed E-state index contributed by atoms with van der Waals surface area (Å²) in [4.78, 5) is 7.46. The predicted molar refractivity (Wildman–Crippen MR) is 86.1 cm³/mol. The molecule has 0 fully saturated rings. The maximum Gasteiger partial charge on any atom is 0.226 e. The number of hydrogen-bond acceptors (Lipinski definition) is 6. The van der Waals surface area contributed by atoms with Gasteiger partial charge in [-0.3, -0.25) is 0 Å². The van der Waals surface area contributed by atoms with Crippen LogP contribution in [0.2, 0.25) is 0 Å². The van der Waals surface area contributed by atoms with Crippen molar-refractivity contribution < 1.29 is 27.1 Å². The van der Waals surface area contributed by atoms with Gasteiger partial charge in [0.05, 0.1) is 17.2 Å². The van der Waals surface area contributed by atoms with Crippen molar-refractivity contribution in [3.05, 3.63) is 55.1 Å². The summed E-state index contributed by atoms with van der Waals surface area (Å²) >= 11 is 0. The molecule has 0 spiro atoms. The van der Waals surface area contributed by atoms with Gasteiger partial charge in [-0.05, 0) is 12.1 Å². The van der Waals surface area contributed by atoms with E-state index in [1.165, 1.54) is 0 Å². The molecule has 24 heavy (non-hydrogen) atoms. The van der Waals surface area contributed by atoms with Gasteiger partial charge in [0.15, 0.2) is 12.4 Å². The van der Waals surface area contributed by atoms with Gasteiger partial charge in [0, 0.05) is 29.5 Å². The van der Waals surface area contributed by atoms with E-state index in [9.17, 15) is 0 Å². The molecule has 0 unspecified atom stereocenters. The summed E-state index contributed by atoms with van der Waals surface area (Å²) in [7, 11) is -2.27. The monoisotopic (exact) mass is 348 g/mol. The van der Waals surface area contributed by atoms with Crippen LogP contribution >= 0.6 is 0 Å². The molecule has 3 rings (SSSR count). The minimum atomic E-state index is -3.92. The fourth-order valence-electron chi connectivity index (χ4n) is 1.85. The van der Waals surface area contributed by atoms with Crippen molar-refractivity contribution in [2.24, 2.45) is 0 Å². The molecule has 0 aliphatic carbocycles. The van der Waals surface area contributed by atoms with Gasteiger partial charge >= 0.3 is 0 Å². The van der Waals surface area contributed by atoms with Crippen LogP contribution in [0, 0.1) is 0 Å². The number of aromatic nitrogens is 2. The number of rotatable bonds is 3. The number of ether oxygens (including phenoxy) is 1. The van der Waals surface area contributed by atoms with E-state index >= 15 is 0 Å². The van der Waals surface area contributed by atoms with Gasteiger partial charge in [0.25, 0.3) is 0 Å². The van der Waals surface area contributed by atoms with Gasteiger partial charge in [0.1, 0.15) is 17.7 Å². The van der Waals surface area contributed by atoms with Gasteiger partial charge in [-0.1, -0.05) is 12.1 Å². The molecule has 0 bridgehead atoms. The molecule has 2 aromatic heterocycles. The van der Waals surface area contributed by atoms with E-state index in [-0.39, 0.29) is 0 Å². The lowest BCUT2D eigenvalue weighted by Crippen LogP contribution is -1.96. The molecule has 8 heteroatoms. The van der Waals surface area contributed by atoms with Gasteiger partial charge in [-0.25, -0.2) is 18.4 Å². The van der Waals surface area contributed by atoms with E-state index in [2.05, 4.69) is 9.97 Å². The molecule has 3 aromatic rings. The number of nitrogens with zero attached hydrogens (tertiary/aromatic N) is 1. The molecule has 0 radical (unpaired) electrons. The minimum absolute atomic E-state index is 0.604. The van der Waals surface area contributed by atoms with Gasteiger partial charge in [-0.15, -0.1) is 0 Å². The molecule has 2 heterocycles. The van der Waals surface area contributed by atoms with Crippen molar-refractivity contribution in [2.45, 2.75) is 0 Å². The average Bonchev–Trinajstić information content (AvgIpc) is 3.04. The lowest BCUT2D eigenvalue weighted by molar-refractivity contribution is -0.377. The third-order valence-corrected chi connectivity index (χ3v) is 2.83. The number of benzene rings is 1. The van der Waals surface area contributed by atoms with Gasteiger partial charge in [0.2, 0.25) is 5.89 Å². The number of aromatic amines is 1. The minimum Gasteiger partial charge on any atom is -0.748 e. The highest BCUT2D eigenvalue weighted by Gasteiger charge is 2.09. The number of hydrogen-bond donors (Lipinski definition) is 0. The fourth-order valence-corrected chi connectivity index (χ4v) is 1.85. The van der Waals surface area contributed by atoms with E-state index in [4.69, 9.17) is 22.1 Å². The number of H-pyrrole nitrogens is 1. The Morgan fingerprint density at radius 1 is 1.17 bits per heavy atom. The first-order chi connectivity index (χ1) is 11.4. The van der Waals surface area contributed by atoms with Gasteiger partial charge in [-0.2, -0.15) is 0 Å². The fraction of sp³-hybridized carbons (Fsp3) is 0.125. The number of oxazole rings is 1. The first kappa shape index (κ1) is 17.6. The summed E-state index contributed by atoms with van der Waals surface area (Å²) in [6.07, 6.45) is 5.93. The number of pyridine rings is 1. The van der Waals surface area contributed by atoms with Crippen molar-refractivity contribution >= 4 is 10.1 Å². The summed E-state index contributed by atoms with van der Waals surface area (Å²) < 4.78 is 37.9. The Hall–Kier alpha value is -2.71. The molecule has 1 aromatic carbocycles. The topological polar surface area (TPSA) is 107 Å². The third-order valence-electron chi connectivity index (χ3n) is 2.83. The Labute approximate surface area is 139 Å². The molecule has 0 aliphatic rings. The van der Waals surface area contributed by atoms with E-state index in [0.29, 0.717) is 12.1 Å². The maximum atomic E-state index is 9.08. The second-order valence-electron chi connectivity index (χ2n) is 4.76. The molecular weight excluding hydrogens is 332 g/mol. The molecule has 1 N–H and O–H groups in total. The number of methoxy groups -OCH3 is 1. The molecular formula is C16H16N2O5S. The highest BCUT2D eigenvalue weighted by molar-refractivity contribution is 7.84. The van der Waals surface area contributed by atoms with Crippen molar-refractivity contribution in [2.75, 3.05) is 13.4 Å². The smallest absolute Gasteiger partial charge is 0.226 e. The summed E-state index contributed by atoms with van der Waals surface area (Å²) in [6, 6.07) is 11.6. The highest BCUT2D eigenvalue weighted by Crippen LogP contribution is 2.26. The van der Waals surface area contributed by atoms with E-state index < -0.39 is 10.1 Å². The Bertz CT molecular complexity index is 884. The Kier molecular flexibility index (Phi) is 5.67. The van der Waals surface area contributed by atoms with Crippen LogP contribution in [0.5, 0.6) is 5.75 Å². The Morgan fingerprint density at radius 3 is 2.46 bits per heavy atom. The van der Waals surface area contributed by atoms with Crippen LogP contribution in [0.15, 0.2) is 59.5 Å². The lowest BCUT2D eigenvalue weighted by atomic mass is 10.1. The van der Waals surface area contributed by atoms with Crippen molar-refractivity contribution in [1.82, 2.24) is 4.98 Å².